The minimum absolute atomic E-state index is 0.201. The normalized spacial score (nSPS) is 21.1. The lowest BCUT2D eigenvalue weighted by Crippen LogP contribution is -2.41. The van der Waals surface area contributed by atoms with Gasteiger partial charge < -0.3 is 0 Å². The Balaban J connectivity index is 2.09. The predicted octanol–water partition coefficient (Wildman–Crippen LogP) is 10.1. The quantitative estimate of drug-likeness (QED) is 0.195. The van der Waals surface area contributed by atoms with E-state index in [1.807, 2.05) is 31.2 Å². The highest BCUT2D eigenvalue weighted by molar-refractivity contribution is 6.54. The maximum absolute atomic E-state index is 6.76. The lowest BCUT2D eigenvalue weighted by molar-refractivity contribution is 0.594. The molecular formula is C21H8Cl8. The van der Waals surface area contributed by atoms with Gasteiger partial charge in [0.25, 0.3) is 0 Å². The monoisotopic (exact) mass is 540 g/mol. The van der Waals surface area contributed by atoms with Crippen molar-refractivity contribution in [2.45, 2.75) is 18.3 Å². The molecule has 2 bridgehead atoms. The number of benzene rings is 3. The molecule has 0 amide bonds. The minimum Gasteiger partial charge on any atom is -0.0823 e. The van der Waals surface area contributed by atoms with Crippen LogP contribution in [0.5, 0.6) is 0 Å². The van der Waals surface area contributed by atoms with E-state index in [4.69, 9.17) is 92.8 Å². The summed E-state index contributed by atoms with van der Waals surface area (Å²) in [6.07, 6.45) is 0. The van der Waals surface area contributed by atoms with Gasteiger partial charge in [0.15, 0.2) is 0 Å². The van der Waals surface area contributed by atoms with Crippen LogP contribution in [0.15, 0.2) is 24.3 Å². The van der Waals surface area contributed by atoms with Crippen LogP contribution < -0.4 is 0 Å². The fourth-order valence-corrected chi connectivity index (χ4v) is 7.20. The van der Waals surface area contributed by atoms with E-state index in [0.717, 1.165) is 33.4 Å². The smallest absolute Gasteiger partial charge is 0.0797 e. The molecule has 0 aromatic heterocycles. The summed E-state index contributed by atoms with van der Waals surface area (Å²) in [5.41, 5.74) is 4.28. The maximum Gasteiger partial charge on any atom is 0.0797 e. The molecule has 0 radical (unpaired) electrons. The van der Waals surface area contributed by atoms with Gasteiger partial charge in [-0.25, -0.2) is 0 Å². The molecule has 0 aliphatic heterocycles. The van der Waals surface area contributed by atoms with Gasteiger partial charge in [-0.15, -0.1) is 0 Å². The summed E-state index contributed by atoms with van der Waals surface area (Å²) >= 11 is 52.7. The lowest BCUT2D eigenvalue weighted by Gasteiger charge is -2.50. The highest BCUT2D eigenvalue weighted by atomic mass is 35.5. The first-order valence-corrected chi connectivity index (χ1v) is 11.5. The van der Waals surface area contributed by atoms with Crippen LogP contribution in [0, 0.1) is 0 Å². The highest BCUT2D eigenvalue weighted by Gasteiger charge is 2.54. The van der Waals surface area contributed by atoms with Crippen molar-refractivity contribution in [2.24, 2.45) is 0 Å². The second kappa shape index (κ2) is 6.74. The molecule has 148 valence electrons. The van der Waals surface area contributed by atoms with Crippen molar-refractivity contribution in [1.82, 2.24) is 0 Å². The molecule has 3 aromatic carbocycles. The zero-order valence-corrected chi connectivity index (χ0v) is 20.5. The van der Waals surface area contributed by atoms with Gasteiger partial charge in [-0.1, -0.05) is 117 Å². The molecule has 0 nitrogen and oxygen atoms in total. The van der Waals surface area contributed by atoms with Crippen molar-refractivity contribution < 1.29 is 0 Å². The summed E-state index contributed by atoms with van der Waals surface area (Å²) in [5, 5.41) is 2.16. The molecule has 0 saturated carbocycles. The first-order valence-electron chi connectivity index (χ1n) is 8.46. The fraction of sp³-hybridized carbons (Fsp3) is 0.143. The van der Waals surface area contributed by atoms with E-state index in [9.17, 15) is 0 Å². The Morgan fingerprint density at radius 1 is 0.586 bits per heavy atom. The summed E-state index contributed by atoms with van der Waals surface area (Å²) in [4.78, 5) is 0. The summed E-state index contributed by atoms with van der Waals surface area (Å²) in [5.74, 6) is -0.363. The molecule has 0 unspecified atom stereocenters. The third kappa shape index (κ3) is 2.39. The second-order valence-corrected chi connectivity index (χ2v) is 10.3. The van der Waals surface area contributed by atoms with Crippen LogP contribution in [0.1, 0.15) is 46.2 Å². The van der Waals surface area contributed by atoms with Crippen LogP contribution in [-0.2, 0) is 5.41 Å². The van der Waals surface area contributed by atoms with E-state index in [2.05, 4.69) is 0 Å². The molecule has 8 heteroatoms. The van der Waals surface area contributed by atoms with Crippen molar-refractivity contribution in [3.8, 4) is 0 Å². The summed E-state index contributed by atoms with van der Waals surface area (Å²) in [6, 6.07) is 7.99. The zero-order valence-electron chi connectivity index (χ0n) is 14.4. The Morgan fingerprint density at radius 2 is 1.00 bits per heavy atom. The molecule has 0 atom stereocenters. The molecular weight excluding hydrogens is 536 g/mol. The van der Waals surface area contributed by atoms with Crippen LogP contribution in [-0.4, -0.2) is 0 Å². The number of halogens is 8. The Kier molecular flexibility index (Phi) is 4.85. The fourth-order valence-electron chi connectivity index (χ4n) is 4.87. The Labute approximate surface area is 207 Å². The van der Waals surface area contributed by atoms with E-state index < -0.39 is 5.41 Å². The SMILES string of the molecule is CC12c3ccccc3C(c3c(Cl)c(Cl)c(Cl)c(Cl)c31)c1c(Cl)c(Cl)c(Cl)c(Cl)c12. The molecule has 3 aromatic rings. The number of hydrogen-bond donors (Lipinski definition) is 0. The van der Waals surface area contributed by atoms with Crippen molar-refractivity contribution >= 4 is 92.8 Å². The first kappa shape index (κ1) is 20.9. The van der Waals surface area contributed by atoms with Gasteiger partial charge in [0, 0.05) is 11.3 Å². The van der Waals surface area contributed by atoms with Crippen molar-refractivity contribution in [3.05, 3.63) is 97.8 Å². The summed E-state index contributed by atoms with van der Waals surface area (Å²) in [7, 11) is 0. The van der Waals surface area contributed by atoms with Crippen molar-refractivity contribution in [2.75, 3.05) is 0 Å². The van der Waals surface area contributed by atoms with Crippen LogP contribution in [0.25, 0.3) is 0 Å². The van der Waals surface area contributed by atoms with Crippen LogP contribution in [0.4, 0.5) is 0 Å². The van der Waals surface area contributed by atoms with Gasteiger partial charge in [-0.05, 0) is 40.3 Å². The summed E-state index contributed by atoms with van der Waals surface area (Å²) < 4.78 is 0. The average molecular weight is 544 g/mol. The van der Waals surface area contributed by atoms with E-state index >= 15 is 0 Å². The molecule has 3 aliphatic carbocycles. The van der Waals surface area contributed by atoms with Gasteiger partial charge in [0.2, 0.25) is 0 Å². The Bertz CT molecular complexity index is 1190. The van der Waals surface area contributed by atoms with E-state index in [0.29, 0.717) is 20.1 Å². The molecule has 0 fully saturated rings. The predicted molar refractivity (Wildman–Crippen MR) is 126 cm³/mol. The molecule has 0 heterocycles. The molecule has 0 spiro atoms. The average Bonchev–Trinajstić information content (AvgIpc) is 2.72. The largest absolute Gasteiger partial charge is 0.0823 e. The Hall–Kier alpha value is -0.0200. The molecule has 0 N–H and O–H groups in total. The Morgan fingerprint density at radius 3 is 1.48 bits per heavy atom. The highest BCUT2D eigenvalue weighted by Crippen LogP contribution is 2.67. The van der Waals surface area contributed by atoms with Crippen LogP contribution in [0.2, 0.25) is 40.2 Å². The molecule has 29 heavy (non-hydrogen) atoms. The van der Waals surface area contributed by atoms with Crippen molar-refractivity contribution in [3.63, 3.8) is 0 Å². The van der Waals surface area contributed by atoms with Crippen LogP contribution in [0.3, 0.4) is 0 Å². The van der Waals surface area contributed by atoms with Gasteiger partial charge >= 0.3 is 0 Å². The van der Waals surface area contributed by atoms with E-state index in [-0.39, 0.29) is 26.0 Å². The summed E-state index contributed by atoms with van der Waals surface area (Å²) in [6.45, 7) is 2.01. The van der Waals surface area contributed by atoms with Crippen molar-refractivity contribution in [1.29, 1.82) is 0 Å². The van der Waals surface area contributed by atoms with Gasteiger partial charge in [-0.3, -0.25) is 0 Å². The lowest BCUT2D eigenvalue weighted by atomic mass is 9.53. The van der Waals surface area contributed by atoms with Crippen LogP contribution >= 0.6 is 92.8 Å². The molecule has 0 saturated heterocycles. The topological polar surface area (TPSA) is 0 Å². The van der Waals surface area contributed by atoms with Gasteiger partial charge in [0.05, 0.1) is 40.2 Å². The molecule has 6 rings (SSSR count). The maximum atomic E-state index is 6.76. The standard InChI is InChI=1S/C21H8Cl8/c1-21-7-5-3-2-4-6(7)8(9-11(21)15(24)19(28)17(26)13(9)22)10-12(21)16(25)20(29)18(27)14(10)23/h2-5,8H,1H3. The number of rotatable bonds is 0. The molecule has 3 aliphatic rings. The third-order valence-electron chi connectivity index (χ3n) is 5.99. The van der Waals surface area contributed by atoms with E-state index in [1.54, 1.807) is 0 Å². The third-order valence-corrected chi connectivity index (χ3v) is 9.63. The zero-order chi connectivity index (χ0) is 21.0. The second-order valence-electron chi connectivity index (χ2n) is 7.23. The van der Waals surface area contributed by atoms with E-state index in [1.165, 1.54) is 0 Å². The van der Waals surface area contributed by atoms with Gasteiger partial charge in [0.1, 0.15) is 0 Å². The first-order chi connectivity index (χ1) is 13.6. The minimum atomic E-state index is -0.806. The van der Waals surface area contributed by atoms with Gasteiger partial charge in [-0.2, -0.15) is 0 Å². The number of hydrogen-bond acceptors (Lipinski definition) is 0.